The number of imide groups is 1. The topological polar surface area (TPSA) is 145 Å². The second-order valence-corrected chi connectivity index (χ2v) is 9.65. The van der Waals surface area contributed by atoms with E-state index < -0.39 is 37.0 Å². The number of pyridine rings is 2. The van der Waals surface area contributed by atoms with Gasteiger partial charge in [-0.15, -0.1) is 11.8 Å². The maximum absolute atomic E-state index is 13.1. The molecule has 2 heterocycles. The van der Waals surface area contributed by atoms with E-state index in [1.54, 1.807) is 24.4 Å². The third-order valence-electron chi connectivity index (χ3n) is 5.21. The molecule has 40 heavy (non-hydrogen) atoms. The van der Waals surface area contributed by atoms with E-state index in [1.807, 2.05) is 32.0 Å². The number of rotatable bonds is 10. The van der Waals surface area contributed by atoms with Gasteiger partial charge in [-0.1, -0.05) is 6.07 Å². The van der Waals surface area contributed by atoms with Crippen LogP contribution >= 0.6 is 11.8 Å². The van der Waals surface area contributed by atoms with Crippen LogP contribution in [0.2, 0.25) is 0 Å². The Hall–Kier alpha value is -4.58. The molecule has 0 aliphatic rings. The van der Waals surface area contributed by atoms with E-state index in [0.29, 0.717) is 32.5 Å². The van der Waals surface area contributed by atoms with Crippen LogP contribution in [0.4, 0.5) is 11.5 Å². The zero-order valence-corrected chi connectivity index (χ0v) is 23.2. The van der Waals surface area contributed by atoms with E-state index in [2.05, 4.69) is 15.3 Å². The first-order valence-corrected chi connectivity index (χ1v) is 13.1. The van der Waals surface area contributed by atoms with E-state index in [9.17, 15) is 24.0 Å². The number of amides is 3. The number of hydrogen-bond donors (Lipinski definition) is 1. The predicted octanol–water partition coefficient (Wildman–Crippen LogP) is 3.62. The van der Waals surface area contributed by atoms with Gasteiger partial charge in [0.05, 0.1) is 5.56 Å². The molecule has 3 aromatic rings. The predicted molar refractivity (Wildman–Crippen MR) is 148 cm³/mol. The summed E-state index contributed by atoms with van der Waals surface area (Å²) in [5.41, 5.74) is 3.77. The van der Waals surface area contributed by atoms with Gasteiger partial charge < -0.3 is 14.8 Å². The molecular formula is C28H28N4O7S. The van der Waals surface area contributed by atoms with Crippen molar-refractivity contribution in [3.8, 4) is 0 Å². The molecule has 0 unspecified atom stereocenters. The molecule has 0 aliphatic heterocycles. The highest BCUT2D eigenvalue weighted by Crippen LogP contribution is 2.26. The van der Waals surface area contributed by atoms with Gasteiger partial charge in [-0.25, -0.2) is 14.9 Å². The van der Waals surface area contributed by atoms with E-state index in [4.69, 9.17) is 9.47 Å². The number of nitrogens with one attached hydrogen (secondary N) is 1. The molecule has 0 spiro atoms. The summed E-state index contributed by atoms with van der Waals surface area (Å²) >= 11 is 1.28. The fourth-order valence-corrected chi connectivity index (χ4v) is 4.53. The number of anilines is 2. The molecule has 1 aromatic carbocycles. The average molecular weight is 565 g/mol. The number of aromatic nitrogens is 2. The fraction of sp³-hybridized carbons (Fsp3) is 0.250. The van der Waals surface area contributed by atoms with E-state index in [-0.39, 0.29) is 11.7 Å². The third kappa shape index (κ3) is 8.73. The van der Waals surface area contributed by atoms with Gasteiger partial charge in [0.25, 0.3) is 17.7 Å². The molecule has 11 nitrogen and oxygen atoms in total. The number of nitrogens with zero attached hydrogens (tertiary/aromatic N) is 3. The summed E-state index contributed by atoms with van der Waals surface area (Å²) in [5, 5.41) is 3.39. The molecule has 0 radical (unpaired) electrons. The fourth-order valence-electron chi connectivity index (χ4n) is 3.60. The van der Waals surface area contributed by atoms with Crippen LogP contribution in [0.1, 0.15) is 40.9 Å². The minimum Gasteiger partial charge on any atom is -0.456 e. The lowest BCUT2D eigenvalue weighted by Gasteiger charge is -2.20. The van der Waals surface area contributed by atoms with Gasteiger partial charge in [-0.05, 0) is 66.9 Å². The molecule has 3 rings (SSSR count). The molecule has 3 amide bonds. The summed E-state index contributed by atoms with van der Waals surface area (Å²) in [6, 6.07) is 12.3. The number of thioether (sulfide) groups is 1. The Balaban J connectivity index is 1.79. The number of carbonyl (C=O) groups excluding carboxylic acids is 5. The van der Waals surface area contributed by atoms with Crippen molar-refractivity contribution in [3.05, 3.63) is 77.1 Å². The van der Waals surface area contributed by atoms with Crippen molar-refractivity contribution in [1.29, 1.82) is 0 Å². The van der Waals surface area contributed by atoms with Gasteiger partial charge in [0, 0.05) is 37.7 Å². The minimum atomic E-state index is -0.861. The Morgan fingerprint density at radius 1 is 0.850 bits per heavy atom. The number of benzene rings is 1. The number of esters is 2. The Morgan fingerprint density at radius 2 is 1.48 bits per heavy atom. The highest BCUT2D eigenvalue weighted by molar-refractivity contribution is 7.98. The standard InChI is InChI=1S/C28H28N4O7S/c1-17-10-18(2)12-22(11-17)31-27(37)23-6-5-8-30-28(23)40-16-21-7-9-29-24(13-21)32(25(35)14-38-19(3)33)26(36)15-39-20(4)34/h5-13H,14-16H2,1-4H3,(H,31,37). The molecule has 2 aromatic heterocycles. The smallest absolute Gasteiger partial charge is 0.303 e. The molecule has 0 fully saturated rings. The second kappa shape index (κ2) is 14.0. The van der Waals surface area contributed by atoms with Crippen LogP contribution in [-0.2, 0) is 34.4 Å². The van der Waals surface area contributed by atoms with Crippen molar-refractivity contribution in [2.45, 2.75) is 38.5 Å². The summed E-state index contributed by atoms with van der Waals surface area (Å²) < 4.78 is 9.48. The Kier molecular flexibility index (Phi) is 10.5. The van der Waals surface area contributed by atoms with Crippen LogP contribution < -0.4 is 10.2 Å². The van der Waals surface area contributed by atoms with Crippen molar-refractivity contribution < 1.29 is 33.4 Å². The molecule has 0 saturated heterocycles. The first-order chi connectivity index (χ1) is 19.0. The molecule has 0 aliphatic carbocycles. The summed E-state index contributed by atoms with van der Waals surface area (Å²) in [4.78, 5) is 70.0. The average Bonchev–Trinajstić information content (AvgIpc) is 2.89. The van der Waals surface area contributed by atoms with Crippen molar-refractivity contribution in [2.24, 2.45) is 0 Å². The van der Waals surface area contributed by atoms with Crippen LogP contribution in [0.5, 0.6) is 0 Å². The maximum Gasteiger partial charge on any atom is 0.303 e. The van der Waals surface area contributed by atoms with Gasteiger partial charge >= 0.3 is 11.9 Å². The molecule has 0 saturated carbocycles. The lowest BCUT2D eigenvalue weighted by Crippen LogP contribution is -2.42. The van der Waals surface area contributed by atoms with Gasteiger partial charge in [0.2, 0.25) is 0 Å². The monoisotopic (exact) mass is 564 g/mol. The second-order valence-electron chi connectivity index (χ2n) is 8.68. The van der Waals surface area contributed by atoms with Crippen molar-refractivity contribution in [3.63, 3.8) is 0 Å². The first kappa shape index (κ1) is 30.0. The Morgan fingerprint density at radius 3 is 2.08 bits per heavy atom. The molecule has 0 atom stereocenters. The zero-order valence-electron chi connectivity index (χ0n) is 22.4. The third-order valence-corrected chi connectivity index (χ3v) is 6.28. The summed E-state index contributed by atoms with van der Waals surface area (Å²) in [5.74, 6) is -3.16. The van der Waals surface area contributed by atoms with Gasteiger partial charge in [0.1, 0.15) is 10.8 Å². The van der Waals surface area contributed by atoms with Crippen molar-refractivity contribution in [2.75, 3.05) is 23.4 Å². The van der Waals surface area contributed by atoms with Gasteiger partial charge in [0.15, 0.2) is 13.2 Å². The normalized spacial score (nSPS) is 10.4. The Bertz CT molecular complexity index is 1390. The van der Waals surface area contributed by atoms with Gasteiger partial charge in [-0.3, -0.25) is 24.0 Å². The van der Waals surface area contributed by atoms with Crippen molar-refractivity contribution >= 4 is 52.9 Å². The number of ether oxygens (including phenoxy) is 2. The number of aryl methyl sites for hydroxylation is 2. The lowest BCUT2D eigenvalue weighted by molar-refractivity contribution is -0.148. The van der Waals surface area contributed by atoms with Crippen LogP contribution in [-0.4, -0.2) is 52.8 Å². The Labute approximate surface area is 235 Å². The van der Waals surface area contributed by atoms with Crippen LogP contribution in [0.3, 0.4) is 0 Å². The SMILES string of the molecule is CC(=O)OCC(=O)N(C(=O)COC(C)=O)c1cc(CSc2ncccc2C(=O)Nc2cc(C)cc(C)c2)ccn1. The quantitative estimate of drug-likeness (QED) is 0.286. The molecular weight excluding hydrogens is 536 g/mol. The van der Waals surface area contributed by atoms with Gasteiger partial charge in [-0.2, -0.15) is 0 Å². The zero-order chi connectivity index (χ0) is 29.2. The maximum atomic E-state index is 13.1. The molecule has 208 valence electrons. The highest BCUT2D eigenvalue weighted by Gasteiger charge is 2.26. The largest absolute Gasteiger partial charge is 0.456 e. The molecule has 0 bridgehead atoms. The first-order valence-electron chi connectivity index (χ1n) is 12.1. The lowest BCUT2D eigenvalue weighted by atomic mass is 10.1. The van der Waals surface area contributed by atoms with E-state index >= 15 is 0 Å². The van der Waals surface area contributed by atoms with Crippen LogP contribution in [0, 0.1) is 13.8 Å². The molecule has 12 heteroatoms. The van der Waals surface area contributed by atoms with Crippen LogP contribution in [0.15, 0.2) is 59.9 Å². The minimum absolute atomic E-state index is 0.0405. The highest BCUT2D eigenvalue weighted by atomic mass is 32.2. The summed E-state index contributed by atoms with van der Waals surface area (Å²) in [7, 11) is 0. The van der Waals surface area contributed by atoms with E-state index in [1.165, 1.54) is 24.0 Å². The van der Waals surface area contributed by atoms with E-state index in [0.717, 1.165) is 25.0 Å². The molecule has 1 N–H and O–H groups in total. The summed E-state index contributed by atoms with van der Waals surface area (Å²) in [6.45, 7) is 4.76. The number of hydrogen-bond acceptors (Lipinski definition) is 10. The summed E-state index contributed by atoms with van der Waals surface area (Å²) in [6.07, 6.45) is 2.99. The van der Waals surface area contributed by atoms with Crippen LogP contribution in [0.25, 0.3) is 0 Å². The number of carbonyl (C=O) groups is 5. The van der Waals surface area contributed by atoms with Crippen molar-refractivity contribution in [1.82, 2.24) is 9.97 Å².